The van der Waals surface area contributed by atoms with Crippen LogP contribution in [0.15, 0.2) is 77.7 Å². The summed E-state index contributed by atoms with van der Waals surface area (Å²) in [5, 5.41) is 4.85. The van der Waals surface area contributed by atoms with E-state index in [-0.39, 0.29) is 16.9 Å². The number of benzene rings is 3. The van der Waals surface area contributed by atoms with E-state index < -0.39 is 10.0 Å². The monoisotopic (exact) mass is 484 g/mol. The molecule has 0 amide bonds. The Balaban J connectivity index is 1.50. The van der Waals surface area contributed by atoms with Crippen LogP contribution in [-0.4, -0.2) is 8.42 Å². The van der Waals surface area contributed by atoms with E-state index in [2.05, 4.69) is 28.3 Å². The Morgan fingerprint density at radius 2 is 1.84 bits per heavy atom. The summed E-state index contributed by atoms with van der Waals surface area (Å²) in [6.07, 6.45) is 5.29. The molecule has 2 N–H and O–H groups in total. The summed E-state index contributed by atoms with van der Waals surface area (Å²) >= 11 is 12.4. The van der Waals surface area contributed by atoms with Crippen molar-refractivity contribution in [1.29, 1.82) is 0 Å². The third-order valence-corrected chi connectivity index (χ3v) is 8.37. The van der Waals surface area contributed by atoms with Crippen molar-refractivity contribution in [3.63, 3.8) is 0 Å². The van der Waals surface area contributed by atoms with Gasteiger partial charge in [-0.3, -0.25) is 4.72 Å². The topological polar surface area (TPSA) is 58.2 Å². The van der Waals surface area contributed by atoms with Gasteiger partial charge in [0.25, 0.3) is 10.0 Å². The average molecular weight is 485 g/mol. The maximum Gasteiger partial charge on any atom is 0.261 e. The lowest BCUT2D eigenvalue weighted by Crippen LogP contribution is -2.29. The van der Waals surface area contributed by atoms with E-state index in [0.717, 1.165) is 23.2 Å². The predicted molar refractivity (Wildman–Crippen MR) is 131 cm³/mol. The van der Waals surface area contributed by atoms with Gasteiger partial charge < -0.3 is 5.32 Å². The van der Waals surface area contributed by atoms with E-state index in [9.17, 15) is 8.42 Å². The Bertz CT molecular complexity index is 1340. The molecule has 0 unspecified atom stereocenters. The number of sulfonamides is 1. The highest BCUT2D eigenvalue weighted by atomic mass is 35.5. The molecule has 0 saturated carbocycles. The van der Waals surface area contributed by atoms with Gasteiger partial charge >= 0.3 is 0 Å². The second-order valence-corrected chi connectivity index (χ2v) is 10.8. The molecule has 0 aromatic heterocycles. The summed E-state index contributed by atoms with van der Waals surface area (Å²) in [6.45, 7) is 1.79. The normalized spacial score (nSPS) is 21.5. The summed E-state index contributed by atoms with van der Waals surface area (Å²) < 4.78 is 29.0. The molecule has 0 saturated heterocycles. The molecule has 164 valence electrons. The van der Waals surface area contributed by atoms with Crippen molar-refractivity contribution < 1.29 is 8.42 Å². The minimum Gasteiger partial charge on any atom is -0.378 e. The van der Waals surface area contributed by atoms with Gasteiger partial charge in [0.1, 0.15) is 0 Å². The van der Waals surface area contributed by atoms with Crippen LogP contribution in [0, 0.1) is 12.8 Å². The molecule has 5 rings (SSSR count). The van der Waals surface area contributed by atoms with Gasteiger partial charge in [0.15, 0.2) is 0 Å². The number of hydrogen-bond donors (Lipinski definition) is 2. The van der Waals surface area contributed by atoms with Crippen molar-refractivity contribution in [3.8, 4) is 0 Å². The number of rotatable bonds is 4. The molecule has 3 aromatic carbocycles. The van der Waals surface area contributed by atoms with Crippen molar-refractivity contribution in [2.45, 2.75) is 30.2 Å². The van der Waals surface area contributed by atoms with Crippen LogP contribution in [0.1, 0.15) is 35.1 Å². The molecule has 0 fully saturated rings. The molecule has 4 nitrogen and oxygen atoms in total. The fourth-order valence-electron chi connectivity index (χ4n) is 4.69. The SMILES string of the molecule is Cc1c(Cl)cccc1NS(=O)(=O)c1ccc2c(c1)[C@H]1C=CC[C@H]1[C@@H](c1cccc(Cl)c1)N2. The van der Waals surface area contributed by atoms with Gasteiger partial charge in [-0.2, -0.15) is 0 Å². The molecule has 7 heteroatoms. The quantitative estimate of drug-likeness (QED) is 0.394. The van der Waals surface area contributed by atoms with E-state index in [1.54, 1.807) is 37.3 Å². The molecule has 1 aliphatic heterocycles. The molecular formula is C25H22Cl2N2O2S. The van der Waals surface area contributed by atoms with Crippen LogP contribution in [0.25, 0.3) is 0 Å². The van der Waals surface area contributed by atoms with Crippen LogP contribution in [0.4, 0.5) is 11.4 Å². The molecule has 0 spiro atoms. The highest BCUT2D eigenvalue weighted by molar-refractivity contribution is 7.92. The van der Waals surface area contributed by atoms with Gasteiger partial charge in [-0.1, -0.05) is 53.6 Å². The van der Waals surface area contributed by atoms with Crippen LogP contribution >= 0.6 is 23.2 Å². The van der Waals surface area contributed by atoms with Crippen molar-refractivity contribution in [1.82, 2.24) is 0 Å². The predicted octanol–water partition coefficient (Wildman–Crippen LogP) is 6.93. The molecule has 32 heavy (non-hydrogen) atoms. The minimum atomic E-state index is -3.76. The zero-order chi connectivity index (χ0) is 22.5. The molecule has 1 heterocycles. The Hall–Kier alpha value is -2.47. The number of halogens is 2. The maximum atomic E-state index is 13.2. The number of hydrogen-bond acceptors (Lipinski definition) is 3. The first-order valence-corrected chi connectivity index (χ1v) is 12.7. The number of fused-ring (bicyclic) bond motifs is 3. The maximum absolute atomic E-state index is 13.2. The highest BCUT2D eigenvalue weighted by Crippen LogP contribution is 2.50. The lowest BCUT2D eigenvalue weighted by atomic mass is 9.77. The second kappa shape index (κ2) is 8.14. The first-order chi connectivity index (χ1) is 15.3. The molecule has 0 bridgehead atoms. The van der Waals surface area contributed by atoms with Gasteiger partial charge in [0.05, 0.1) is 16.6 Å². The Morgan fingerprint density at radius 1 is 1.03 bits per heavy atom. The van der Waals surface area contributed by atoms with Crippen LogP contribution in [0.5, 0.6) is 0 Å². The standard InChI is InChI=1S/C25H22Cl2N2O2S/c1-15-22(27)9-4-10-23(15)29-32(30,31)18-11-12-24-21(14-18)19-7-3-8-20(19)25(28-24)16-5-2-6-17(26)13-16/h2-7,9-14,19-20,25,28-29H,8H2,1H3/t19-,20+,25+/m0/s1. The Kier molecular flexibility index (Phi) is 5.44. The third-order valence-electron chi connectivity index (χ3n) is 6.36. The lowest BCUT2D eigenvalue weighted by molar-refractivity contribution is 0.425. The summed E-state index contributed by atoms with van der Waals surface area (Å²) in [6, 6.07) is 18.5. The van der Waals surface area contributed by atoms with Crippen LogP contribution in [0.2, 0.25) is 10.0 Å². The fraction of sp³-hybridized carbons (Fsp3) is 0.200. The van der Waals surface area contributed by atoms with E-state index in [1.807, 2.05) is 24.3 Å². The Morgan fingerprint density at radius 3 is 2.66 bits per heavy atom. The van der Waals surface area contributed by atoms with Crippen LogP contribution in [0.3, 0.4) is 0 Å². The zero-order valence-corrected chi connectivity index (χ0v) is 19.7. The lowest BCUT2D eigenvalue weighted by Gasteiger charge is -2.37. The van der Waals surface area contributed by atoms with Gasteiger partial charge in [-0.05, 0) is 78.4 Å². The van der Waals surface area contributed by atoms with Gasteiger partial charge in [0.2, 0.25) is 0 Å². The summed E-state index contributed by atoms with van der Waals surface area (Å²) in [7, 11) is -3.76. The minimum absolute atomic E-state index is 0.107. The van der Waals surface area contributed by atoms with E-state index in [4.69, 9.17) is 23.2 Å². The van der Waals surface area contributed by atoms with Crippen molar-refractivity contribution in [3.05, 3.63) is 99.6 Å². The van der Waals surface area contributed by atoms with Crippen LogP contribution < -0.4 is 10.0 Å². The van der Waals surface area contributed by atoms with E-state index in [0.29, 0.717) is 27.2 Å². The molecule has 3 aromatic rings. The third kappa shape index (κ3) is 3.79. The van der Waals surface area contributed by atoms with Gasteiger partial charge in [-0.25, -0.2) is 8.42 Å². The zero-order valence-electron chi connectivity index (χ0n) is 17.3. The van der Waals surface area contributed by atoms with Crippen LogP contribution in [-0.2, 0) is 10.0 Å². The number of allylic oxidation sites excluding steroid dienone is 2. The number of nitrogens with one attached hydrogen (secondary N) is 2. The first kappa shape index (κ1) is 21.4. The number of anilines is 2. The molecule has 1 aliphatic carbocycles. The van der Waals surface area contributed by atoms with Crippen molar-refractivity contribution >= 4 is 44.6 Å². The molecule has 0 radical (unpaired) electrons. The van der Waals surface area contributed by atoms with Gasteiger partial charge in [-0.15, -0.1) is 0 Å². The fourth-order valence-corrected chi connectivity index (χ4v) is 6.22. The largest absolute Gasteiger partial charge is 0.378 e. The first-order valence-electron chi connectivity index (χ1n) is 10.4. The summed E-state index contributed by atoms with van der Waals surface area (Å²) in [5.74, 6) is 0.431. The average Bonchev–Trinajstić information content (AvgIpc) is 3.26. The van der Waals surface area contributed by atoms with Crippen molar-refractivity contribution in [2.75, 3.05) is 10.0 Å². The summed E-state index contributed by atoms with van der Waals surface area (Å²) in [5.41, 5.74) is 4.25. The molecular weight excluding hydrogens is 463 g/mol. The molecule has 3 atom stereocenters. The van der Waals surface area contributed by atoms with E-state index >= 15 is 0 Å². The molecule has 2 aliphatic rings. The van der Waals surface area contributed by atoms with Crippen molar-refractivity contribution in [2.24, 2.45) is 5.92 Å². The Labute approximate surface area is 198 Å². The second-order valence-electron chi connectivity index (χ2n) is 8.30. The summed E-state index contributed by atoms with van der Waals surface area (Å²) in [4.78, 5) is 0.234. The smallest absolute Gasteiger partial charge is 0.261 e. The highest BCUT2D eigenvalue weighted by Gasteiger charge is 2.38. The van der Waals surface area contributed by atoms with Gasteiger partial charge in [0, 0.05) is 21.7 Å². The van der Waals surface area contributed by atoms with E-state index in [1.165, 1.54) is 0 Å².